The fourth-order valence-electron chi connectivity index (χ4n) is 6.42. The molecule has 0 bridgehead atoms. The van der Waals surface area contributed by atoms with Crippen molar-refractivity contribution in [1.29, 1.82) is 5.26 Å². The van der Waals surface area contributed by atoms with E-state index in [0.29, 0.717) is 24.9 Å². The predicted molar refractivity (Wildman–Crippen MR) is 169 cm³/mol. The second-order valence-electron chi connectivity index (χ2n) is 11.1. The minimum absolute atomic E-state index is 0.0843. The summed E-state index contributed by atoms with van der Waals surface area (Å²) in [6.45, 7) is 0.457. The number of hydrogen-bond donors (Lipinski definition) is 0. The van der Waals surface area contributed by atoms with Crippen LogP contribution in [0.1, 0.15) is 27.8 Å². The Morgan fingerprint density at radius 3 is 2.00 bits per heavy atom. The van der Waals surface area contributed by atoms with E-state index in [9.17, 15) is 5.26 Å². The van der Waals surface area contributed by atoms with Gasteiger partial charge in [-0.3, -0.25) is 14.8 Å². The number of anilines is 1. The molecule has 0 N–H and O–H groups in total. The Hall–Kier alpha value is -5.60. The monoisotopic (exact) mass is 556 g/mol. The van der Waals surface area contributed by atoms with Crippen molar-refractivity contribution in [1.82, 2.24) is 9.97 Å². The zero-order valence-corrected chi connectivity index (χ0v) is 23.5. The number of benzene rings is 4. The summed E-state index contributed by atoms with van der Waals surface area (Å²) >= 11 is 0. The Morgan fingerprint density at radius 1 is 0.698 bits per heavy atom. The van der Waals surface area contributed by atoms with Crippen molar-refractivity contribution in [2.75, 3.05) is 4.90 Å². The van der Waals surface area contributed by atoms with E-state index in [1.54, 1.807) is 24.8 Å². The number of hydrogen-bond acceptors (Lipinski definition) is 4. The second kappa shape index (κ2) is 11.0. The third kappa shape index (κ3) is 4.83. The van der Waals surface area contributed by atoms with Crippen LogP contribution in [0.25, 0.3) is 21.9 Å². The Balaban J connectivity index is 1.41. The molecule has 0 atom stereocenters. The van der Waals surface area contributed by atoms with E-state index in [1.165, 1.54) is 0 Å². The number of carbonyl (C=O) groups excluding carboxylic acids is 1. The lowest BCUT2D eigenvalue weighted by Crippen LogP contribution is -2.43. The number of aromatic nitrogens is 2. The van der Waals surface area contributed by atoms with Crippen LogP contribution >= 0.6 is 0 Å². The van der Waals surface area contributed by atoms with Gasteiger partial charge in [0.2, 0.25) is 5.91 Å². The maximum Gasteiger partial charge on any atom is 0.238 e. The van der Waals surface area contributed by atoms with Crippen molar-refractivity contribution in [3.05, 3.63) is 162 Å². The summed E-state index contributed by atoms with van der Waals surface area (Å²) in [7, 11) is 0. The van der Waals surface area contributed by atoms with E-state index in [-0.39, 0.29) is 5.91 Å². The molecule has 43 heavy (non-hydrogen) atoms. The van der Waals surface area contributed by atoms with Gasteiger partial charge in [0, 0.05) is 30.5 Å². The predicted octanol–water partition coefficient (Wildman–Crippen LogP) is 7.44. The van der Waals surface area contributed by atoms with E-state index < -0.39 is 5.41 Å². The van der Waals surface area contributed by atoms with E-state index >= 15 is 4.79 Å². The lowest BCUT2D eigenvalue weighted by molar-refractivity contribution is -0.123. The van der Waals surface area contributed by atoms with Gasteiger partial charge in [-0.2, -0.15) is 5.26 Å². The highest BCUT2D eigenvalue weighted by atomic mass is 16.2. The molecule has 4 aromatic carbocycles. The summed E-state index contributed by atoms with van der Waals surface area (Å²) in [5.41, 5.74) is 6.97. The maximum absolute atomic E-state index is 15.0. The van der Waals surface area contributed by atoms with Gasteiger partial charge >= 0.3 is 0 Å². The topological polar surface area (TPSA) is 69.9 Å². The average molecular weight is 557 g/mol. The van der Waals surface area contributed by atoms with Gasteiger partial charge in [-0.15, -0.1) is 0 Å². The zero-order valence-electron chi connectivity index (χ0n) is 23.5. The number of amides is 1. The molecule has 2 aromatic heterocycles. The van der Waals surface area contributed by atoms with Crippen LogP contribution in [0.5, 0.6) is 0 Å². The summed E-state index contributed by atoms with van der Waals surface area (Å²) in [5, 5.41) is 11.6. The van der Waals surface area contributed by atoms with Crippen molar-refractivity contribution in [3.8, 4) is 17.2 Å². The summed E-state index contributed by atoms with van der Waals surface area (Å²) < 4.78 is 0. The van der Waals surface area contributed by atoms with Crippen LogP contribution in [0, 0.1) is 11.3 Å². The molecule has 1 aliphatic heterocycles. The van der Waals surface area contributed by atoms with Crippen LogP contribution in [-0.4, -0.2) is 15.9 Å². The Bertz CT molecular complexity index is 1930. The van der Waals surface area contributed by atoms with E-state index in [4.69, 9.17) is 0 Å². The molecule has 6 aromatic rings. The van der Waals surface area contributed by atoms with Gasteiger partial charge in [0.25, 0.3) is 0 Å². The summed E-state index contributed by atoms with van der Waals surface area (Å²) in [6, 6.07) is 38.8. The SMILES string of the molecule is N#Cc1ccc(-c2ccc3c(c2)N(Cc2cccc4ccccc24)C(=O)C3(Cc2ccncc2)Cc2ccncc2)cc1. The smallest absolute Gasteiger partial charge is 0.238 e. The fourth-order valence-corrected chi connectivity index (χ4v) is 6.42. The van der Waals surface area contributed by atoms with Gasteiger partial charge in [0.15, 0.2) is 0 Å². The van der Waals surface area contributed by atoms with Gasteiger partial charge in [0.05, 0.1) is 23.6 Å². The second-order valence-corrected chi connectivity index (χ2v) is 11.1. The molecular formula is C38H28N4O. The molecule has 3 heterocycles. The van der Waals surface area contributed by atoms with Gasteiger partial charge in [-0.1, -0.05) is 66.7 Å². The molecular weight excluding hydrogens is 528 g/mol. The third-order valence-corrected chi connectivity index (χ3v) is 8.52. The number of nitriles is 1. The lowest BCUT2D eigenvalue weighted by Gasteiger charge is -2.29. The normalized spacial score (nSPS) is 13.6. The lowest BCUT2D eigenvalue weighted by atomic mass is 9.72. The number of carbonyl (C=O) groups is 1. The quantitative estimate of drug-likeness (QED) is 0.205. The van der Waals surface area contributed by atoms with Crippen molar-refractivity contribution >= 4 is 22.4 Å². The molecule has 5 heteroatoms. The maximum atomic E-state index is 15.0. The molecule has 206 valence electrons. The minimum Gasteiger partial charge on any atom is -0.307 e. The average Bonchev–Trinajstić information content (AvgIpc) is 3.28. The molecule has 0 saturated heterocycles. The van der Waals surface area contributed by atoms with Crippen LogP contribution in [0.4, 0.5) is 5.69 Å². The molecule has 1 amide bonds. The van der Waals surface area contributed by atoms with Crippen LogP contribution < -0.4 is 4.90 Å². The van der Waals surface area contributed by atoms with Gasteiger partial charge in [-0.05, 0) is 99.5 Å². The van der Waals surface area contributed by atoms with Crippen LogP contribution in [0.3, 0.4) is 0 Å². The molecule has 0 fully saturated rings. The highest BCUT2D eigenvalue weighted by Crippen LogP contribution is 2.48. The van der Waals surface area contributed by atoms with Gasteiger partial charge in [-0.25, -0.2) is 0 Å². The first-order chi connectivity index (χ1) is 21.1. The third-order valence-electron chi connectivity index (χ3n) is 8.52. The molecule has 5 nitrogen and oxygen atoms in total. The highest BCUT2D eigenvalue weighted by molar-refractivity contribution is 6.09. The highest BCUT2D eigenvalue weighted by Gasteiger charge is 2.51. The first-order valence-electron chi connectivity index (χ1n) is 14.4. The Morgan fingerprint density at radius 2 is 1.33 bits per heavy atom. The number of nitrogens with zero attached hydrogens (tertiary/aromatic N) is 4. The molecule has 0 unspecified atom stereocenters. The van der Waals surface area contributed by atoms with Crippen molar-refractivity contribution in [2.24, 2.45) is 0 Å². The zero-order chi connectivity index (χ0) is 29.2. The number of rotatable bonds is 7. The standard InChI is InChI=1S/C38H28N4O/c39-25-29-8-10-30(11-9-29)32-12-13-35-36(22-32)42(26-33-6-3-5-31-4-1-2-7-34(31)33)37(43)38(35,23-27-14-18-40-19-15-27)24-28-16-20-41-21-17-28/h1-22H,23-24,26H2. The molecule has 0 aliphatic carbocycles. The van der Waals surface area contributed by atoms with Crippen molar-refractivity contribution in [2.45, 2.75) is 24.8 Å². The summed E-state index contributed by atoms with van der Waals surface area (Å²) in [6.07, 6.45) is 8.25. The van der Waals surface area contributed by atoms with E-state index in [0.717, 1.165) is 49.8 Å². The Kier molecular flexibility index (Phi) is 6.73. The van der Waals surface area contributed by atoms with Crippen molar-refractivity contribution < 1.29 is 4.79 Å². The molecule has 0 radical (unpaired) electrons. The first-order valence-corrected chi connectivity index (χ1v) is 14.4. The summed E-state index contributed by atoms with van der Waals surface area (Å²) in [5.74, 6) is 0.0843. The van der Waals surface area contributed by atoms with Gasteiger partial charge < -0.3 is 4.90 Å². The molecule has 0 saturated carbocycles. The molecule has 7 rings (SSSR count). The molecule has 1 aliphatic rings. The van der Waals surface area contributed by atoms with Crippen LogP contribution in [0.15, 0.2) is 134 Å². The summed E-state index contributed by atoms with van der Waals surface area (Å²) in [4.78, 5) is 25.4. The van der Waals surface area contributed by atoms with Gasteiger partial charge in [0.1, 0.15) is 0 Å². The van der Waals surface area contributed by atoms with Crippen LogP contribution in [0.2, 0.25) is 0 Å². The van der Waals surface area contributed by atoms with Crippen molar-refractivity contribution in [3.63, 3.8) is 0 Å². The number of pyridine rings is 2. The number of fused-ring (bicyclic) bond motifs is 2. The largest absolute Gasteiger partial charge is 0.307 e. The fraction of sp³-hybridized carbons (Fsp3) is 0.105. The molecule has 0 spiro atoms. The van der Waals surface area contributed by atoms with E-state index in [2.05, 4.69) is 64.6 Å². The van der Waals surface area contributed by atoms with Crippen LogP contribution in [-0.2, 0) is 29.6 Å². The Labute approximate surface area is 250 Å². The minimum atomic E-state index is -0.814. The van der Waals surface area contributed by atoms with E-state index in [1.807, 2.05) is 65.6 Å². The first kappa shape index (κ1) is 26.3.